The average molecular weight is 320 g/mol. The smallest absolute Gasteiger partial charge is 0.151 e. The van der Waals surface area contributed by atoms with Crippen LogP contribution in [0.1, 0.15) is 39.7 Å². The SMILES string of the molecule is CC.CC.CN1CCC(S(C)(=O)=O)C1.Cc1cnn(C)c1. The topological polar surface area (TPSA) is 55.2 Å². The standard InChI is InChI=1S/C6H13NO2S.C5H8N2.2C2H6/c1-7-4-3-6(5-7)10(2,8)9;1-5-3-6-7(2)4-5;2*1-2/h6H,3-5H2,1-2H3;3-4H,1-2H3;2*1-2H3. The van der Waals surface area contributed by atoms with Crippen LogP contribution in [0.25, 0.3) is 0 Å². The maximum atomic E-state index is 11.0. The number of aryl methyl sites for hydroxylation is 2. The molecule has 0 spiro atoms. The number of aromatic nitrogens is 2. The van der Waals surface area contributed by atoms with Crippen LogP contribution in [0.4, 0.5) is 0 Å². The van der Waals surface area contributed by atoms with Crippen LogP contribution in [0, 0.1) is 6.92 Å². The van der Waals surface area contributed by atoms with Gasteiger partial charge in [0.15, 0.2) is 9.84 Å². The van der Waals surface area contributed by atoms with Crippen molar-refractivity contribution in [3.8, 4) is 0 Å². The van der Waals surface area contributed by atoms with Gasteiger partial charge in [0.2, 0.25) is 0 Å². The van der Waals surface area contributed by atoms with Crippen LogP contribution in [-0.4, -0.2) is 54.7 Å². The zero-order valence-corrected chi connectivity index (χ0v) is 15.7. The molecule has 1 aromatic heterocycles. The number of rotatable bonds is 1. The zero-order chi connectivity index (χ0) is 17.1. The Morgan fingerprint density at radius 3 is 1.86 bits per heavy atom. The van der Waals surface area contributed by atoms with E-state index in [1.54, 1.807) is 4.68 Å². The highest BCUT2D eigenvalue weighted by Gasteiger charge is 2.27. The van der Waals surface area contributed by atoms with Gasteiger partial charge in [-0.2, -0.15) is 5.10 Å². The fourth-order valence-corrected chi connectivity index (χ4v) is 2.85. The number of nitrogens with zero attached hydrogens (tertiary/aromatic N) is 3. The molecule has 0 N–H and O–H groups in total. The lowest BCUT2D eigenvalue weighted by molar-refractivity contribution is 0.417. The Bertz CT molecular complexity index is 439. The van der Waals surface area contributed by atoms with Gasteiger partial charge in [-0.1, -0.05) is 27.7 Å². The predicted molar refractivity (Wildman–Crippen MR) is 91.4 cm³/mol. The molecule has 1 saturated heterocycles. The molecule has 2 rings (SSSR count). The average Bonchev–Trinajstić information content (AvgIpc) is 3.03. The summed E-state index contributed by atoms with van der Waals surface area (Å²) >= 11 is 0. The van der Waals surface area contributed by atoms with Gasteiger partial charge >= 0.3 is 0 Å². The van der Waals surface area contributed by atoms with Crippen molar-refractivity contribution in [3.63, 3.8) is 0 Å². The Kier molecular flexibility index (Phi) is 12.5. The Balaban J connectivity index is 0. The summed E-state index contributed by atoms with van der Waals surface area (Å²) in [5.41, 5.74) is 1.21. The van der Waals surface area contributed by atoms with Crippen LogP contribution in [0.2, 0.25) is 0 Å². The van der Waals surface area contributed by atoms with E-state index in [0.29, 0.717) is 6.54 Å². The van der Waals surface area contributed by atoms with Gasteiger partial charge < -0.3 is 4.90 Å². The van der Waals surface area contributed by atoms with E-state index < -0.39 is 9.84 Å². The van der Waals surface area contributed by atoms with Crippen molar-refractivity contribution in [1.29, 1.82) is 0 Å². The van der Waals surface area contributed by atoms with Crippen molar-refractivity contribution in [2.75, 3.05) is 26.4 Å². The molecule has 1 aromatic rings. The van der Waals surface area contributed by atoms with Gasteiger partial charge in [-0.3, -0.25) is 4.68 Å². The number of hydrogen-bond donors (Lipinski definition) is 0. The molecule has 5 nitrogen and oxygen atoms in total. The molecule has 6 heteroatoms. The first-order valence-electron chi connectivity index (χ1n) is 7.61. The van der Waals surface area contributed by atoms with Crippen molar-refractivity contribution < 1.29 is 8.42 Å². The van der Waals surface area contributed by atoms with E-state index in [4.69, 9.17) is 0 Å². The van der Waals surface area contributed by atoms with Crippen molar-refractivity contribution >= 4 is 9.84 Å². The molecule has 21 heavy (non-hydrogen) atoms. The maximum Gasteiger partial charge on any atom is 0.151 e. The minimum Gasteiger partial charge on any atom is -0.305 e. The van der Waals surface area contributed by atoms with Crippen LogP contribution < -0.4 is 0 Å². The molecule has 0 amide bonds. The molecule has 0 radical (unpaired) electrons. The first kappa shape index (κ1) is 22.4. The van der Waals surface area contributed by atoms with Gasteiger partial charge in [-0.15, -0.1) is 0 Å². The molecule has 126 valence electrons. The molecule has 0 bridgehead atoms. The van der Waals surface area contributed by atoms with Crippen molar-refractivity contribution in [3.05, 3.63) is 18.0 Å². The lowest BCUT2D eigenvalue weighted by atomic mass is 10.4. The second kappa shape index (κ2) is 11.7. The van der Waals surface area contributed by atoms with Crippen molar-refractivity contribution in [2.45, 2.75) is 46.3 Å². The van der Waals surface area contributed by atoms with E-state index in [1.807, 2.05) is 66.0 Å². The molecule has 1 unspecified atom stereocenters. The fraction of sp³-hybridized carbons (Fsp3) is 0.800. The van der Waals surface area contributed by atoms with Gasteiger partial charge in [0, 0.05) is 26.0 Å². The molecule has 0 saturated carbocycles. The third-order valence-electron chi connectivity index (χ3n) is 2.79. The summed E-state index contributed by atoms with van der Waals surface area (Å²) in [6.45, 7) is 11.6. The van der Waals surface area contributed by atoms with Gasteiger partial charge in [0.05, 0.1) is 11.4 Å². The third kappa shape index (κ3) is 10.5. The minimum atomic E-state index is -2.78. The highest BCUT2D eigenvalue weighted by atomic mass is 32.2. The lowest BCUT2D eigenvalue weighted by Gasteiger charge is -2.06. The number of sulfone groups is 1. The van der Waals surface area contributed by atoms with Crippen molar-refractivity contribution in [2.24, 2.45) is 7.05 Å². The van der Waals surface area contributed by atoms with Gasteiger partial charge in [0.25, 0.3) is 0 Å². The van der Waals surface area contributed by atoms with Crippen LogP contribution in [0.15, 0.2) is 12.4 Å². The lowest BCUT2D eigenvalue weighted by Crippen LogP contribution is -2.23. The second-order valence-corrected chi connectivity index (χ2v) is 7.02. The van der Waals surface area contributed by atoms with E-state index in [9.17, 15) is 8.42 Å². The molecule has 1 atom stereocenters. The quantitative estimate of drug-likeness (QED) is 0.798. The first-order chi connectivity index (χ1) is 9.79. The Morgan fingerprint density at radius 1 is 1.19 bits per heavy atom. The fourth-order valence-electron chi connectivity index (χ4n) is 1.79. The van der Waals surface area contributed by atoms with Gasteiger partial charge in [-0.25, -0.2) is 8.42 Å². The van der Waals surface area contributed by atoms with E-state index >= 15 is 0 Å². The second-order valence-electron chi connectivity index (χ2n) is 4.69. The molecular weight excluding hydrogens is 286 g/mol. The third-order valence-corrected chi connectivity index (χ3v) is 4.38. The number of hydrogen-bond acceptors (Lipinski definition) is 4. The Hall–Kier alpha value is -0.880. The highest BCUT2D eigenvalue weighted by molar-refractivity contribution is 7.91. The van der Waals surface area contributed by atoms with Crippen LogP contribution in [0.3, 0.4) is 0 Å². The summed E-state index contributed by atoms with van der Waals surface area (Å²) < 4.78 is 23.7. The van der Waals surface area contributed by atoms with E-state index in [1.165, 1.54) is 11.8 Å². The summed E-state index contributed by atoms with van der Waals surface area (Å²) in [5.74, 6) is 0. The van der Waals surface area contributed by atoms with Crippen LogP contribution in [-0.2, 0) is 16.9 Å². The maximum absolute atomic E-state index is 11.0. The minimum absolute atomic E-state index is 0.113. The first-order valence-corrected chi connectivity index (χ1v) is 9.57. The molecule has 0 aromatic carbocycles. The van der Waals surface area contributed by atoms with Crippen molar-refractivity contribution in [1.82, 2.24) is 14.7 Å². The normalized spacial score (nSPS) is 17.6. The highest BCUT2D eigenvalue weighted by Crippen LogP contribution is 2.13. The summed E-state index contributed by atoms with van der Waals surface area (Å²) in [6.07, 6.45) is 5.92. The van der Waals surface area contributed by atoms with E-state index in [0.717, 1.165) is 13.0 Å². The molecule has 1 aliphatic rings. The summed E-state index contributed by atoms with van der Waals surface area (Å²) in [5, 5.41) is 3.82. The molecule has 1 fully saturated rings. The molecular formula is C15H33N3O2S. The Morgan fingerprint density at radius 2 is 1.71 bits per heavy atom. The summed E-state index contributed by atoms with van der Waals surface area (Å²) in [4.78, 5) is 2.05. The molecule has 1 aliphatic heterocycles. The number of likely N-dealkylation sites (tertiary alicyclic amines) is 1. The van der Waals surface area contributed by atoms with Gasteiger partial charge in [0.1, 0.15) is 0 Å². The van der Waals surface area contributed by atoms with Crippen LogP contribution >= 0.6 is 0 Å². The summed E-state index contributed by atoms with van der Waals surface area (Å²) in [7, 11) is 1.08. The molecule has 2 heterocycles. The van der Waals surface area contributed by atoms with Gasteiger partial charge in [-0.05, 0) is 32.5 Å². The predicted octanol–water partition coefficient (Wildman–Crippen LogP) is 2.52. The van der Waals surface area contributed by atoms with E-state index in [2.05, 4.69) is 5.10 Å². The largest absolute Gasteiger partial charge is 0.305 e. The Labute approximate surface area is 131 Å². The van der Waals surface area contributed by atoms with Crippen LogP contribution in [0.5, 0.6) is 0 Å². The summed E-state index contributed by atoms with van der Waals surface area (Å²) in [6, 6.07) is 0. The molecule has 0 aliphatic carbocycles. The zero-order valence-electron chi connectivity index (χ0n) is 14.9. The van der Waals surface area contributed by atoms with E-state index in [-0.39, 0.29) is 5.25 Å². The monoisotopic (exact) mass is 319 g/mol.